The van der Waals surface area contributed by atoms with Crippen LogP contribution < -0.4 is 0 Å². The number of furan rings is 1. The molecular weight excluding hydrogens is 502 g/mol. The van der Waals surface area contributed by atoms with E-state index in [0.717, 1.165) is 71.5 Å². The minimum Gasteiger partial charge on any atom is -0.454 e. The van der Waals surface area contributed by atoms with Crippen LogP contribution in [0.5, 0.6) is 0 Å². The maximum absolute atomic E-state index is 9.90. The van der Waals surface area contributed by atoms with Crippen molar-refractivity contribution < 1.29 is 4.42 Å². The fourth-order valence-electron chi connectivity index (χ4n) is 6.66. The van der Waals surface area contributed by atoms with Crippen LogP contribution in [0, 0.1) is 11.3 Å². The van der Waals surface area contributed by atoms with Gasteiger partial charge in [-0.05, 0) is 54.6 Å². The smallest absolute Gasteiger partial charge is 0.159 e. The molecule has 0 aliphatic rings. The number of fused-ring (bicyclic) bond motifs is 9. The lowest BCUT2D eigenvalue weighted by Crippen LogP contribution is -1.96. The minimum atomic E-state index is 0.689. The van der Waals surface area contributed by atoms with Gasteiger partial charge in [0.05, 0.1) is 39.4 Å². The zero-order chi connectivity index (χ0) is 27.1. The first-order valence-corrected chi connectivity index (χ1v) is 13.7. The van der Waals surface area contributed by atoms with Crippen molar-refractivity contribution >= 4 is 65.6 Å². The summed E-state index contributed by atoms with van der Waals surface area (Å²) < 4.78 is 11.0. The highest BCUT2D eigenvalue weighted by molar-refractivity contribution is 6.15. The van der Waals surface area contributed by atoms with E-state index in [1.807, 2.05) is 30.3 Å². The Kier molecular flexibility index (Phi) is 4.37. The number of nitrogens with zero attached hydrogens (tertiary/aromatic N) is 3. The molecule has 4 heteroatoms. The van der Waals surface area contributed by atoms with Gasteiger partial charge in [-0.3, -0.25) is 0 Å². The predicted molar refractivity (Wildman–Crippen MR) is 167 cm³/mol. The van der Waals surface area contributed by atoms with Crippen molar-refractivity contribution in [1.82, 2.24) is 9.13 Å². The summed E-state index contributed by atoms with van der Waals surface area (Å²) in [4.78, 5) is 0. The minimum absolute atomic E-state index is 0.689. The molecule has 0 aliphatic carbocycles. The van der Waals surface area contributed by atoms with Crippen molar-refractivity contribution in [3.8, 4) is 17.4 Å². The lowest BCUT2D eigenvalue weighted by Gasteiger charge is -2.10. The van der Waals surface area contributed by atoms with Crippen LogP contribution in [-0.2, 0) is 0 Å². The molecule has 0 unspecified atom stereocenters. The normalized spacial score (nSPS) is 11.9. The van der Waals surface area contributed by atoms with Gasteiger partial charge < -0.3 is 13.6 Å². The summed E-state index contributed by atoms with van der Waals surface area (Å²) in [6, 6.07) is 46.5. The summed E-state index contributed by atoms with van der Waals surface area (Å²) in [5, 5.41) is 16.5. The molecule has 0 fully saturated rings. The van der Waals surface area contributed by atoms with Gasteiger partial charge in [-0.2, -0.15) is 5.26 Å². The molecule has 0 atom stereocenters. The Morgan fingerprint density at radius 2 is 1.17 bits per heavy atom. The molecule has 0 amide bonds. The zero-order valence-electron chi connectivity index (χ0n) is 21.9. The van der Waals surface area contributed by atoms with Crippen LogP contribution in [-0.4, -0.2) is 9.13 Å². The van der Waals surface area contributed by atoms with E-state index < -0.39 is 0 Å². The largest absolute Gasteiger partial charge is 0.454 e. The summed E-state index contributed by atoms with van der Waals surface area (Å²) in [6.45, 7) is 0. The molecule has 190 valence electrons. The van der Waals surface area contributed by atoms with Crippen molar-refractivity contribution in [2.24, 2.45) is 0 Å². The second-order valence-corrected chi connectivity index (χ2v) is 10.5. The maximum atomic E-state index is 9.90. The molecular formula is C37H21N3O. The Morgan fingerprint density at radius 1 is 0.512 bits per heavy atom. The zero-order valence-corrected chi connectivity index (χ0v) is 21.9. The summed E-state index contributed by atoms with van der Waals surface area (Å²) in [5.74, 6) is 0. The second-order valence-electron chi connectivity index (χ2n) is 10.5. The van der Waals surface area contributed by atoms with Crippen molar-refractivity contribution in [3.63, 3.8) is 0 Å². The number of para-hydroxylation sites is 4. The average molecular weight is 524 g/mol. The molecule has 4 nitrogen and oxygen atoms in total. The number of benzene rings is 6. The third kappa shape index (κ3) is 2.92. The molecule has 0 N–H and O–H groups in total. The third-order valence-electron chi connectivity index (χ3n) is 8.36. The van der Waals surface area contributed by atoms with Crippen molar-refractivity contribution in [1.29, 1.82) is 5.26 Å². The molecule has 0 saturated heterocycles. The van der Waals surface area contributed by atoms with Gasteiger partial charge in [0.2, 0.25) is 0 Å². The monoisotopic (exact) mass is 523 g/mol. The van der Waals surface area contributed by atoms with Crippen molar-refractivity contribution in [3.05, 3.63) is 133 Å². The highest BCUT2D eigenvalue weighted by atomic mass is 16.3. The topological polar surface area (TPSA) is 46.8 Å². The van der Waals surface area contributed by atoms with Crippen LogP contribution in [0.2, 0.25) is 0 Å². The first-order valence-electron chi connectivity index (χ1n) is 13.7. The summed E-state index contributed by atoms with van der Waals surface area (Å²) in [6.07, 6.45) is 0. The molecule has 6 aromatic carbocycles. The lowest BCUT2D eigenvalue weighted by molar-refractivity contribution is 0.666. The molecule has 3 aromatic heterocycles. The maximum Gasteiger partial charge on any atom is 0.159 e. The summed E-state index contributed by atoms with van der Waals surface area (Å²) in [5.41, 5.74) is 8.89. The third-order valence-corrected chi connectivity index (χ3v) is 8.36. The van der Waals surface area contributed by atoms with Gasteiger partial charge in [0.15, 0.2) is 5.58 Å². The highest BCUT2D eigenvalue weighted by Gasteiger charge is 2.19. The van der Waals surface area contributed by atoms with Gasteiger partial charge in [0.25, 0.3) is 0 Å². The van der Waals surface area contributed by atoms with Crippen LogP contribution in [0.1, 0.15) is 5.56 Å². The Balaban J connectivity index is 1.38. The van der Waals surface area contributed by atoms with E-state index in [1.165, 1.54) is 5.39 Å². The molecule has 0 bridgehead atoms. The van der Waals surface area contributed by atoms with Gasteiger partial charge in [-0.25, -0.2) is 0 Å². The Labute approximate surface area is 234 Å². The highest BCUT2D eigenvalue weighted by Crippen LogP contribution is 2.40. The second kappa shape index (κ2) is 8.11. The average Bonchev–Trinajstić information content (AvgIpc) is 3.68. The number of nitriles is 1. The van der Waals surface area contributed by atoms with E-state index in [4.69, 9.17) is 4.42 Å². The Morgan fingerprint density at radius 3 is 2.02 bits per heavy atom. The summed E-state index contributed by atoms with van der Waals surface area (Å²) in [7, 11) is 0. The van der Waals surface area contributed by atoms with E-state index in [0.29, 0.717) is 5.56 Å². The van der Waals surface area contributed by atoms with E-state index in [-0.39, 0.29) is 0 Å². The van der Waals surface area contributed by atoms with E-state index in [9.17, 15) is 5.26 Å². The van der Waals surface area contributed by atoms with Crippen molar-refractivity contribution in [2.45, 2.75) is 0 Å². The number of rotatable bonds is 2. The van der Waals surface area contributed by atoms with Crippen LogP contribution in [0.3, 0.4) is 0 Å². The molecule has 0 aliphatic heterocycles. The standard InChI is InChI=1S/C37H21N3O/c38-22-23-9-7-16-33-36(23)28-12-2-5-15-31(28)39(33)24-19-20-32-29(21-24)25-10-1-4-14-30(25)40(32)34-17-8-13-27-26-11-3-6-18-35(26)41-37(27)34/h1-21H. The van der Waals surface area contributed by atoms with Gasteiger partial charge in [0, 0.05) is 38.0 Å². The quantitative estimate of drug-likeness (QED) is 0.226. The van der Waals surface area contributed by atoms with E-state index in [1.54, 1.807) is 0 Å². The number of hydrogen-bond donors (Lipinski definition) is 0. The first kappa shape index (κ1) is 22.1. The van der Waals surface area contributed by atoms with E-state index in [2.05, 4.69) is 112 Å². The SMILES string of the molecule is N#Cc1cccc2c1c1ccccc1n2-c1ccc2c(c1)c1ccccc1n2-c1cccc2c1oc1ccccc12. The molecule has 3 heterocycles. The van der Waals surface area contributed by atoms with Gasteiger partial charge in [-0.15, -0.1) is 0 Å². The fraction of sp³-hybridized carbons (Fsp3) is 0. The molecule has 0 saturated carbocycles. The van der Waals surface area contributed by atoms with E-state index >= 15 is 0 Å². The Bertz CT molecular complexity index is 2550. The molecule has 0 radical (unpaired) electrons. The lowest BCUT2D eigenvalue weighted by atomic mass is 10.1. The molecule has 0 spiro atoms. The van der Waals surface area contributed by atoms with Crippen LogP contribution in [0.15, 0.2) is 132 Å². The van der Waals surface area contributed by atoms with Crippen LogP contribution in [0.25, 0.3) is 76.9 Å². The first-order chi connectivity index (χ1) is 20.3. The molecule has 41 heavy (non-hydrogen) atoms. The predicted octanol–water partition coefficient (Wildman–Crippen LogP) is 9.65. The van der Waals surface area contributed by atoms with Gasteiger partial charge in [-0.1, -0.05) is 72.8 Å². The van der Waals surface area contributed by atoms with Crippen LogP contribution in [0.4, 0.5) is 0 Å². The number of hydrogen-bond acceptors (Lipinski definition) is 2. The fourth-order valence-corrected chi connectivity index (χ4v) is 6.66. The summed E-state index contributed by atoms with van der Waals surface area (Å²) >= 11 is 0. The van der Waals surface area contributed by atoms with Gasteiger partial charge in [0.1, 0.15) is 5.58 Å². The Hall–Kier alpha value is -5.79. The molecule has 9 aromatic rings. The van der Waals surface area contributed by atoms with Crippen molar-refractivity contribution in [2.75, 3.05) is 0 Å². The molecule has 9 rings (SSSR count). The van der Waals surface area contributed by atoms with Crippen LogP contribution >= 0.6 is 0 Å². The number of aromatic nitrogens is 2. The van der Waals surface area contributed by atoms with Gasteiger partial charge >= 0.3 is 0 Å².